The summed E-state index contributed by atoms with van der Waals surface area (Å²) in [6, 6.07) is 0. The lowest BCUT2D eigenvalue weighted by Gasteiger charge is -2.58. The SMILES string of the molecule is CC(C)CCC[C@@H](C)[C@H]1CC[C@H]2[C@@H]3CC=C4C[C@@H](CC(=O)O)CC[C@]4(C)[C@H]3CC[C@]12C. The molecular weight excluding hydrogens is 380 g/mol. The highest BCUT2D eigenvalue weighted by Crippen LogP contribution is 2.67. The van der Waals surface area contributed by atoms with Crippen LogP contribution in [0.25, 0.3) is 0 Å². The van der Waals surface area contributed by atoms with Gasteiger partial charge in [-0.15, -0.1) is 0 Å². The second kappa shape index (κ2) is 8.86. The maximum absolute atomic E-state index is 11.3. The van der Waals surface area contributed by atoms with Gasteiger partial charge in [0, 0.05) is 6.42 Å². The standard InChI is InChI=1S/C29H48O2/c1-19(2)7-6-8-20(3)24-11-12-25-23-10-9-22-17-21(18-27(30)31)13-15-28(22,4)26(23)14-16-29(24,25)5/h9,19-21,23-26H,6-8,10-18H2,1-5H3,(H,30,31)/t20-,21+,23+,24-,25+,26+,28+,29-/m1/s1. The van der Waals surface area contributed by atoms with Crippen molar-refractivity contribution >= 4 is 5.97 Å². The molecule has 0 saturated heterocycles. The minimum Gasteiger partial charge on any atom is -0.481 e. The monoisotopic (exact) mass is 428 g/mol. The zero-order valence-corrected chi connectivity index (χ0v) is 21.0. The summed E-state index contributed by atoms with van der Waals surface area (Å²) in [5, 5.41) is 9.28. The normalized spacial score (nSPS) is 43.0. The molecule has 0 unspecified atom stereocenters. The van der Waals surface area contributed by atoms with Crippen molar-refractivity contribution in [3.63, 3.8) is 0 Å². The molecule has 1 N–H and O–H groups in total. The number of carboxylic acids is 1. The quantitative estimate of drug-likeness (QED) is 0.416. The van der Waals surface area contributed by atoms with Crippen LogP contribution >= 0.6 is 0 Å². The summed E-state index contributed by atoms with van der Waals surface area (Å²) in [5.41, 5.74) is 2.53. The number of hydrogen-bond donors (Lipinski definition) is 1. The molecule has 176 valence electrons. The molecule has 2 nitrogen and oxygen atoms in total. The summed E-state index contributed by atoms with van der Waals surface area (Å²) in [7, 11) is 0. The largest absolute Gasteiger partial charge is 0.481 e. The molecule has 0 aromatic heterocycles. The van der Waals surface area contributed by atoms with E-state index in [4.69, 9.17) is 0 Å². The van der Waals surface area contributed by atoms with Gasteiger partial charge in [0.15, 0.2) is 0 Å². The molecule has 0 spiro atoms. The highest BCUT2D eigenvalue weighted by Gasteiger charge is 2.59. The van der Waals surface area contributed by atoms with Crippen LogP contribution in [0.3, 0.4) is 0 Å². The minimum atomic E-state index is -0.615. The second-order valence-electron chi connectivity index (χ2n) is 13.0. The number of rotatable bonds is 7. The average molecular weight is 429 g/mol. The summed E-state index contributed by atoms with van der Waals surface area (Å²) in [6.07, 6.45) is 17.6. The zero-order chi connectivity index (χ0) is 22.4. The van der Waals surface area contributed by atoms with Gasteiger partial charge in [0.25, 0.3) is 0 Å². The molecule has 3 saturated carbocycles. The number of hydrogen-bond acceptors (Lipinski definition) is 1. The molecule has 0 heterocycles. The van der Waals surface area contributed by atoms with Crippen LogP contribution in [0.15, 0.2) is 11.6 Å². The summed E-state index contributed by atoms with van der Waals surface area (Å²) in [5.74, 6) is 5.01. The molecular formula is C29H48O2. The van der Waals surface area contributed by atoms with Gasteiger partial charge >= 0.3 is 5.97 Å². The number of carboxylic acid groups (broad SMARTS) is 1. The van der Waals surface area contributed by atoms with Gasteiger partial charge in [-0.3, -0.25) is 4.79 Å². The van der Waals surface area contributed by atoms with E-state index in [-0.39, 0.29) is 0 Å². The minimum absolute atomic E-state index is 0.347. The van der Waals surface area contributed by atoms with Gasteiger partial charge in [0.2, 0.25) is 0 Å². The van der Waals surface area contributed by atoms with Crippen molar-refractivity contribution in [1.82, 2.24) is 0 Å². The summed E-state index contributed by atoms with van der Waals surface area (Å²) >= 11 is 0. The van der Waals surface area contributed by atoms with E-state index >= 15 is 0 Å². The number of aliphatic carboxylic acids is 1. The molecule has 3 fully saturated rings. The Balaban J connectivity index is 1.47. The fourth-order valence-electron chi connectivity index (χ4n) is 9.18. The molecule has 0 aromatic carbocycles. The van der Waals surface area contributed by atoms with Crippen molar-refractivity contribution in [2.45, 2.75) is 112 Å². The van der Waals surface area contributed by atoms with Crippen molar-refractivity contribution in [2.24, 2.45) is 52.3 Å². The predicted octanol–water partition coefficient (Wildman–Crippen LogP) is 8.12. The van der Waals surface area contributed by atoms with Crippen LogP contribution in [0, 0.1) is 52.3 Å². The first-order chi connectivity index (χ1) is 14.6. The summed E-state index contributed by atoms with van der Waals surface area (Å²) < 4.78 is 0. The topological polar surface area (TPSA) is 37.3 Å². The predicted molar refractivity (Wildman–Crippen MR) is 129 cm³/mol. The van der Waals surface area contributed by atoms with Gasteiger partial charge in [0.05, 0.1) is 0 Å². The third-order valence-electron chi connectivity index (χ3n) is 10.9. The third-order valence-corrected chi connectivity index (χ3v) is 10.9. The van der Waals surface area contributed by atoms with Crippen molar-refractivity contribution < 1.29 is 9.90 Å². The smallest absolute Gasteiger partial charge is 0.303 e. The van der Waals surface area contributed by atoms with Crippen molar-refractivity contribution in [3.8, 4) is 0 Å². The first-order valence-electron chi connectivity index (χ1n) is 13.6. The van der Waals surface area contributed by atoms with Crippen molar-refractivity contribution in [1.29, 1.82) is 0 Å². The van der Waals surface area contributed by atoms with Gasteiger partial charge in [0.1, 0.15) is 0 Å². The maximum atomic E-state index is 11.3. The van der Waals surface area contributed by atoms with Gasteiger partial charge in [-0.25, -0.2) is 0 Å². The maximum Gasteiger partial charge on any atom is 0.303 e. The first kappa shape index (κ1) is 23.4. The van der Waals surface area contributed by atoms with Gasteiger partial charge in [-0.1, -0.05) is 65.5 Å². The molecule has 0 bridgehead atoms. The van der Waals surface area contributed by atoms with E-state index in [1.54, 1.807) is 5.57 Å². The fourth-order valence-corrected chi connectivity index (χ4v) is 9.18. The molecule has 4 aliphatic rings. The third kappa shape index (κ3) is 4.26. The van der Waals surface area contributed by atoms with Crippen LogP contribution in [0.1, 0.15) is 112 Å². The van der Waals surface area contributed by atoms with Crippen LogP contribution in [0.4, 0.5) is 0 Å². The molecule has 0 aliphatic heterocycles. The van der Waals surface area contributed by atoms with E-state index in [0.29, 0.717) is 23.2 Å². The van der Waals surface area contributed by atoms with Crippen molar-refractivity contribution in [3.05, 3.63) is 11.6 Å². The van der Waals surface area contributed by atoms with Gasteiger partial charge in [-0.05, 0) is 104 Å². The Kier molecular flexibility index (Phi) is 6.68. The Morgan fingerprint density at radius 3 is 2.55 bits per heavy atom. The fraction of sp³-hybridized carbons (Fsp3) is 0.897. The van der Waals surface area contributed by atoms with Crippen LogP contribution in [0.2, 0.25) is 0 Å². The molecule has 8 atom stereocenters. The van der Waals surface area contributed by atoms with Gasteiger partial charge < -0.3 is 5.11 Å². The van der Waals surface area contributed by atoms with Crippen molar-refractivity contribution in [2.75, 3.05) is 0 Å². The van der Waals surface area contributed by atoms with E-state index in [0.717, 1.165) is 48.3 Å². The number of allylic oxidation sites excluding steroid dienone is 2. The van der Waals surface area contributed by atoms with Crippen LogP contribution in [-0.4, -0.2) is 11.1 Å². The summed E-state index contributed by atoms with van der Waals surface area (Å²) in [4.78, 5) is 11.3. The molecule has 31 heavy (non-hydrogen) atoms. The molecule has 0 aromatic rings. The molecule has 4 aliphatic carbocycles. The van der Waals surface area contributed by atoms with E-state index in [1.165, 1.54) is 57.8 Å². The van der Waals surface area contributed by atoms with Gasteiger partial charge in [-0.2, -0.15) is 0 Å². The second-order valence-corrected chi connectivity index (χ2v) is 13.0. The molecule has 0 radical (unpaired) electrons. The molecule has 4 rings (SSSR count). The molecule has 2 heteroatoms. The Morgan fingerprint density at radius 1 is 1.06 bits per heavy atom. The highest BCUT2D eigenvalue weighted by molar-refractivity contribution is 5.67. The van der Waals surface area contributed by atoms with E-state index in [9.17, 15) is 9.90 Å². The lowest BCUT2D eigenvalue weighted by Crippen LogP contribution is -2.50. The highest BCUT2D eigenvalue weighted by atomic mass is 16.4. The lowest BCUT2D eigenvalue weighted by atomic mass is 9.46. The Bertz CT molecular complexity index is 693. The van der Waals surface area contributed by atoms with E-state index in [1.807, 2.05) is 0 Å². The average Bonchev–Trinajstić information content (AvgIpc) is 3.05. The van der Waals surface area contributed by atoms with E-state index < -0.39 is 5.97 Å². The zero-order valence-electron chi connectivity index (χ0n) is 21.0. The molecule has 0 amide bonds. The first-order valence-corrected chi connectivity index (χ1v) is 13.6. The Labute approximate surface area is 191 Å². The Morgan fingerprint density at radius 2 is 1.84 bits per heavy atom. The number of fused-ring (bicyclic) bond motifs is 5. The van der Waals surface area contributed by atoms with Crippen LogP contribution < -0.4 is 0 Å². The Hall–Kier alpha value is -0.790. The van der Waals surface area contributed by atoms with Crippen LogP contribution in [0.5, 0.6) is 0 Å². The lowest BCUT2D eigenvalue weighted by molar-refractivity contribution is -0.138. The van der Waals surface area contributed by atoms with E-state index in [2.05, 4.69) is 40.7 Å². The van der Waals surface area contributed by atoms with Crippen LogP contribution in [-0.2, 0) is 4.79 Å². The summed E-state index contributed by atoms with van der Waals surface area (Å²) in [6.45, 7) is 12.5. The number of carbonyl (C=O) groups is 1.